The van der Waals surface area contributed by atoms with E-state index in [1.807, 2.05) is 42.5 Å². The van der Waals surface area contributed by atoms with Crippen LogP contribution in [0.15, 0.2) is 54.6 Å². The Morgan fingerprint density at radius 1 is 1.04 bits per heavy atom. The lowest BCUT2D eigenvalue weighted by Crippen LogP contribution is -2.20. The van der Waals surface area contributed by atoms with Crippen molar-refractivity contribution in [1.29, 1.82) is 0 Å². The minimum atomic E-state index is -0.0363. The highest BCUT2D eigenvalue weighted by molar-refractivity contribution is 6.09. The number of carbonyl (C=O) groups excluding carboxylic acids is 1. The number of hydrogen-bond donors (Lipinski definition) is 1. The van der Waals surface area contributed by atoms with Crippen molar-refractivity contribution in [2.24, 2.45) is 0 Å². The van der Waals surface area contributed by atoms with Crippen molar-refractivity contribution in [2.45, 2.75) is 12.8 Å². The van der Waals surface area contributed by atoms with Crippen molar-refractivity contribution < 1.29 is 4.79 Å². The van der Waals surface area contributed by atoms with Crippen LogP contribution >= 0.6 is 0 Å². The summed E-state index contributed by atoms with van der Waals surface area (Å²) >= 11 is 0. The van der Waals surface area contributed by atoms with Crippen LogP contribution in [0.2, 0.25) is 0 Å². The number of para-hydroxylation sites is 1. The molecule has 4 rings (SSSR count). The van der Waals surface area contributed by atoms with Gasteiger partial charge in [0.05, 0.1) is 16.8 Å². The Morgan fingerprint density at radius 3 is 2.58 bits per heavy atom. The fourth-order valence-corrected chi connectivity index (χ4v) is 3.41. The van der Waals surface area contributed by atoms with E-state index in [9.17, 15) is 4.79 Å². The number of nitrogens with zero attached hydrogens (tertiary/aromatic N) is 1. The summed E-state index contributed by atoms with van der Waals surface area (Å²) in [6.45, 7) is 0. The lowest BCUT2D eigenvalue weighted by Gasteiger charge is -2.11. The predicted octanol–water partition coefficient (Wildman–Crippen LogP) is 4.08. The molecule has 0 unspecified atom stereocenters. The molecule has 1 aliphatic carbocycles. The Hall–Kier alpha value is -2.94. The summed E-state index contributed by atoms with van der Waals surface area (Å²) in [5.74, 6) is -0.0363. The van der Waals surface area contributed by atoms with Gasteiger partial charge in [0.15, 0.2) is 0 Å². The van der Waals surface area contributed by atoms with Crippen LogP contribution in [-0.2, 0) is 6.42 Å². The topological polar surface area (TPSA) is 42.0 Å². The van der Waals surface area contributed by atoms with Gasteiger partial charge in [-0.05, 0) is 41.7 Å². The van der Waals surface area contributed by atoms with E-state index in [1.165, 1.54) is 5.57 Å². The number of hydrogen-bond acceptors (Lipinski definition) is 2. The van der Waals surface area contributed by atoms with Crippen molar-refractivity contribution >= 4 is 28.5 Å². The summed E-state index contributed by atoms with van der Waals surface area (Å²) in [5, 5.41) is 3.71. The average molecular weight is 314 g/mol. The Morgan fingerprint density at radius 2 is 1.79 bits per heavy atom. The van der Waals surface area contributed by atoms with Crippen LogP contribution in [0.25, 0.3) is 22.6 Å². The van der Waals surface area contributed by atoms with Gasteiger partial charge in [-0.3, -0.25) is 4.79 Å². The third-order valence-corrected chi connectivity index (χ3v) is 4.54. The van der Waals surface area contributed by atoms with E-state index < -0.39 is 0 Å². The molecule has 1 amide bonds. The van der Waals surface area contributed by atoms with Gasteiger partial charge in [0, 0.05) is 12.4 Å². The molecule has 3 nitrogen and oxygen atoms in total. The zero-order valence-corrected chi connectivity index (χ0v) is 13.5. The molecule has 1 N–H and O–H groups in total. The summed E-state index contributed by atoms with van der Waals surface area (Å²) in [7, 11) is 1.68. The van der Waals surface area contributed by atoms with Gasteiger partial charge in [-0.2, -0.15) is 0 Å². The molecule has 1 aromatic heterocycles. The van der Waals surface area contributed by atoms with Gasteiger partial charge in [0.2, 0.25) is 0 Å². The number of rotatable bonds is 2. The number of allylic oxidation sites excluding steroid dienone is 1. The number of fused-ring (bicyclic) bond motifs is 2. The zero-order valence-electron chi connectivity index (χ0n) is 13.5. The van der Waals surface area contributed by atoms with Crippen LogP contribution in [0, 0.1) is 0 Å². The molecule has 1 heterocycles. The third-order valence-electron chi connectivity index (χ3n) is 4.54. The number of benzene rings is 2. The Bertz CT molecular complexity index is 958. The van der Waals surface area contributed by atoms with Gasteiger partial charge >= 0.3 is 0 Å². The van der Waals surface area contributed by atoms with E-state index in [4.69, 9.17) is 4.98 Å². The van der Waals surface area contributed by atoms with E-state index in [2.05, 4.69) is 23.5 Å². The van der Waals surface area contributed by atoms with Gasteiger partial charge in [-0.15, -0.1) is 0 Å². The molecule has 0 atom stereocenters. The monoisotopic (exact) mass is 314 g/mol. The van der Waals surface area contributed by atoms with Crippen molar-refractivity contribution in [2.75, 3.05) is 7.05 Å². The van der Waals surface area contributed by atoms with Crippen LogP contribution in [0.5, 0.6) is 0 Å². The van der Waals surface area contributed by atoms with Crippen LogP contribution in [0.3, 0.4) is 0 Å². The molecule has 1 aliphatic rings. The maximum absolute atomic E-state index is 12.5. The first kappa shape index (κ1) is 14.6. The van der Waals surface area contributed by atoms with Crippen molar-refractivity contribution in [3.63, 3.8) is 0 Å². The number of nitrogens with one attached hydrogen (secondary N) is 1. The molecule has 24 heavy (non-hydrogen) atoms. The normalized spacial score (nSPS) is 14.8. The fraction of sp³-hybridized carbons (Fsp3) is 0.143. The largest absolute Gasteiger partial charge is 0.355 e. The van der Waals surface area contributed by atoms with Gasteiger partial charge in [-0.1, -0.05) is 48.5 Å². The Kier molecular flexibility index (Phi) is 3.62. The first-order valence-corrected chi connectivity index (χ1v) is 8.17. The number of amides is 1. The maximum atomic E-state index is 12.5. The van der Waals surface area contributed by atoms with Crippen LogP contribution in [-0.4, -0.2) is 17.9 Å². The van der Waals surface area contributed by atoms with E-state index in [0.29, 0.717) is 0 Å². The molecule has 0 radical (unpaired) electrons. The molecular weight excluding hydrogens is 296 g/mol. The van der Waals surface area contributed by atoms with Gasteiger partial charge in [-0.25, -0.2) is 4.98 Å². The molecule has 0 spiro atoms. The Labute approximate surface area is 141 Å². The van der Waals surface area contributed by atoms with E-state index in [-0.39, 0.29) is 5.91 Å². The van der Waals surface area contributed by atoms with Gasteiger partial charge in [0.25, 0.3) is 5.91 Å². The number of aromatic nitrogens is 1. The Balaban J connectivity index is 1.95. The predicted molar refractivity (Wildman–Crippen MR) is 97.8 cm³/mol. The molecular formula is C21H18N2O. The van der Waals surface area contributed by atoms with Crippen molar-refractivity contribution in [3.05, 3.63) is 77.0 Å². The second-order valence-electron chi connectivity index (χ2n) is 5.99. The molecule has 3 heteroatoms. The van der Waals surface area contributed by atoms with Crippen LogP contribution in [0.1, 0.15) is 33.6 Å². The van der Waals surface area contributed by atoms with Gasteiger partial charge in [0.1, 0.15) is 0 Å². The molecule has 0 bridgehead atoms. The molecule has 3 aromatic rings. The first-order valence-electron chi connectivity index (χ1n) is 8.17. The zero-order chi connectivity index (χ0) is 16.5. The summed E-state index contributed by atoms with van der Waals surface area (Å²) < 4.78 is 0. The highest BCUT2D eigenvalue weighted by atomic mass is 16.1. The minimum Gasteiger partial charge on any atom is -0.355 e. The number of pyridine rings is 1. The maximum Gasteiger partial charge on any atom is 0.252 e. The standard InChI is InChI=1S/C21H18N2O/c1-22-21(24)19-16-9-5-6-10-18(16)23-20-15(11-12-17(19)20)13-14-7-3-2-4-8-14/h2-10,13H,11-12H2,1H3,(H,22,24). The smallest absolute Gasteiger partial charge is 0.252 e. The molecule has 0 fully saturated rings. The molecule has 2 aromatic carbocycles. The third kappa shape index (κ3) is 2.38. The highest BCUT2D eigenvalue weighted by Gasteiger charge is 2.26. The molecule has 118 valence electrons. The van der Waals surface area contributed by atoms with Crippen molar-refractivity contribution in [3.8, 4) is 0 Å². The lowest BCUT2D eigenvalue weighted by atomic mass is 10.00. The quantitative estimate of drug-likeness (QED) is 0.774. The molecule has 0 saturated heterocycles. The van der Waals surface area contributed by atoms with Crippen LogP contribution < -0.4 is 5.32 Å². The summed E-state index contributed by atoms with van der Waals surface area (Å²) in [6, 6.07) is 18.1. The SMILES string of the molecule is CNC(=O)c1c2c(nc3ccccc13)C(=Cc1ccccc1)CC2. The highest BCUT2D eigenvalue weighted by Crippen LogP contribution is 2.37. The second-order valence-corrected chi connectivity index (χ2v) is 5.99. The minimum absolute atomic E-state index is 0.0363. The first-order chi connectivity index (χ1) is 11.8. The lowest BCUT2D eigenvalue weighted by molar-refractivity contribution is 0.0964. The van der Waals surface area contributed by atoms with E-state index >= 15 is 0 Å². The number of carbonyl (C=O) groups is 1. The second kappa shape index (κ2) is 5.93. The fourth-order valence-electron chi connectivity index (χ4n) is 3.41. The van der Waals surface area contributed by atoms with E-state index in [0.717, 1.165) is 46.1 Å². The molecule has 0 aliphatic heterocycles. The molecule has 0 saturated carbocycles. The summed E-state index contributed by atoms with van der Waals surface area (Å²) in [6.07, 6.45) is 3.95. The summed E-state index contributed by atoms with van der Waals surface area (Å²) in [4.78, 5) is 17.4. The van der Waals surface area contributed by atoms with Crippen molar-refractivity contribution in [1.82, 2.24) is 10.3 Å². The van der Waals surface area contributed by atoms with Crippen LogP contribution in [0.4, 0.5) is 0 Å². The average Bonchev–Trinajstić information content (AvgIpc) is 3.02. The van der Waals surface area contributed by atoms with E-state index in [1.54, 1.807) is 7.05 Å². The van der Waals surface area contributed by atoms with Gasteiger partial charge < -0.3 is 5.32 Å². The summed E-state index contributed by atoms with van der Waals surface area (Å²) in [5.41, 5.74) is 6.04.